The lowest BCUT2D eigenvalue weighted by molar-refractivity contribution is 0.144. The molecule has 0 spiro atoms. The van der Waals surface area contributed by atoms with Gasteiger partial charge in [0.1, 0.15) is 5.69 Å². The Kier molecular flexibility index (Phi) is 3.69. The highest BCUT2D eigenvalue weighted by atomic mass is 127. The van der Waals surface area contributed by atoms with Crippen LogP contribution in [0.15, 0.2) is 6.20 Å². The molecule has 0 radical (unpaired) electrons. The van der Waals surface area contributed by atoms with Crippen molar-refractivity contribution in [3.63, 3.8) is 0 Å². The van der Waals surface area contributed by atoms with Crippen molar-refractivity contribution in [1.29, 1.82) is 5.26 Å². The Morgan fingerprint density at radius 3 is 2.71 bits per heavy atom. The zero-order valence-electron chi connectivity index (χ0n) is 6.77. The number of halogens is 4. The summed E-state index contributed by atoms with van der Waals surface area (Å²) in [5.41, 5.74) is -0.541. The number of nitriles is 1. The summed E-state index contributed by atoms with van der Waals surface area (Å²) in [7, 11) is 0. The van der Waals surface area contributed by atoms with Crippen molar-refractivity contribution in [2.45, 2.75) is 12.8 Å². The minimum Gasteiger partial charge on any atom is -0.252 e. The van der Waals surface area contributed by atoms with Gasteiger partial charge in [-0.05, 0) is 22.6 Å². The van der Waals surface area contributed by atoms with Crippen molar-refractivity contribution < 1.29 is 13.2 Å². The normalized spacial score (nSPS) is 10.3. The van der Waals surface area contributed by atoms with Crippen LogP contribution in [0.1, 0.15) is 17.7 Å². The van der Waals surface area contributed by atoms with Gasteiger partial charge in [-0.25, -0.2) is 13.2 Å². The van der Waals surface area contributed by atoms with Crippen LogP contribution in [0.5, 0.6) is 0 Å². The molecule has 2 nitrogen and oxygen atoms in total. The predicted octanol–water partition coefficient (Wildman–Crippen LogP) is 2.83. The van der Waals surface area contributed by atoms with E-state index in [1.807, 2.05) is 0 Å². The Balaban J connectivity index is 3.31. The number of rotatable bonds is 2. The fourth-order valence-corrected chi connectivity index (χ4v) is 1.56. The van der Waals surface area contributed by atoms with Crippen LogP contribution in [-0.2, 0) is 6.42 Å². The van der Waals surface area contributed by atoms with Crippen molar-refractivity contribution in [2.75, 3.05) is 0 Å². The van der Waals surface area contributed by atoms with Crippen molar-refractivity contribution in [3.05, 3.63) is 26.8 Å². The van der Waals surface area contributed by atoms with Crippen LogP contribution in [0.25, 0.3) is 0 Å². The van der Waals surface area contributed by atoms with E-state index < -0.39 is 17.9 Å². The molecule has 1 aromatic heterocycles. The Hall–Kier alpha value is -0.840. The molecule has 0 amide bonds. The van der Waals surface area contributed by atoms with E-state index in [4.69, 9.17) is 5.26 Å². The van der Waals surface area contributed by atoms with Gasteiger partial charge >= 0.3 is 0 Å². The van der Waals surface area contributed by atoms with E-state index in [0.717, 1.165) is 6.20 Å². The first-order valence-corrected chi connectivity index (χ1v) is 4.63. The van der Waals surface area contributed by atoms with Gasteiger partial charge < -0.3 is 0 Å². The molecular weight excluding hydrogens is 308 g/mol. The second-order valence-electron chi connectivity index (χ2n) is 2.42. The van der Waals surface area contributed by atoms with Gasteiger partial charge in [0, 0.05) is 5.56 Å². The lowest BCUT2D eigenvalue weighted by atomic mass is 10.1. The Morgan fingerprint density at radius 2 is 2.21 bits per heavy atom. The highest BCUT2D eigenvalue weighted by molar-refractivity contribution is 14.1. The third kappa shape index (κ3) is 2.15. The SMILES string of the molecule is N#CCc1c(C(F)F)ncc(F)c1I. The number of aromatic nitrogens is 1. The van der Waals surface area contributed by atoms with Crippen LogP contribution in [0.2, 0.25) is 0 Å². The molecule has 0 atom stereocenters. The van der Waals surface area contributed by atoms with Gasteiger partial charge in [0.05, 0.1) is 22.3 Å². The average Bonchev–Trinajstić information content (AvgIpc) is 2.13. The van der Waals surface area contributed by atoms with Crippen LogP contribution in [-0.4, -0.2) is 4.98 Å². The number of pyridine rings is 1. The average molecular weight is 312 g/mol. The molecule has 0 aliphatic carbocycles. The van der Waals surface area contributed by atoms with E-state index in [-0.39, 0.29) is 15.6 Å². The minimum atomic E-state index is -2.78. The Bertz CT molecular complexity index is 387. The number of hydrogen-bond acceptors (Lipinski definition) is 2. The van der Waals surface area contributed by atoms with Gasteiger partial charge in [0.15, 0.2) is 5.82 Å². The van der Waals surface area contributed by atoms with E-state index in [0.29, 0.717) is 0 Å². The minimum absolute atomic E-state index is 0.0249. The lowest BCUT2D eigenvalue weighted by Crippen LogP contribution is -2.03. The van der Waals surface area contributed by atoms with Crippen LogP contribution in [0.4, 0.5) is 13.2 Å². The standard InChI is InChI=1S/C8H4F3IN2/c9-5-3-14-7(8(10)11)4(1-2-13)6(5)12/h3,8H,1H2. The first-order valence-electron chi connectivity index (χ1n) is 3.55. The summed E-state index contributed by atoms with van der Waals surface area (Å²) in [4.78, 5) is 3.28. The molecule has 0 fully saturated rings. The summed E-state index contributed by atoms with van der Waals surface area (Å²) in [6, 6.07) is 1.70. The fourth-order valence-electron chi connectivity index (χ4n) is 0.953. The second-order valence-corrected chi connectivity index (χ2v) is 3.50. The van der Waals surface area contributed by atoms with Crippen molar-refractivity contribution in [2.24, 2.45) is 0 Å². The van der Waals surface area contributed by atoms with E-state index in [1.165, 1.54) is 0 Å². The molecule has 0 N–H and O–H groups in total. The Labute approximate surface area is 91.9 Å². The first-order chi connectivity index (χ1) is 6.57. The lowest BCUT2D eigenvalue weighted by Gasteiger charge is -2.07. The number of nitrogens with zero attached hydrogens (tertiary/aromatic N) is 2. The maximum atomic E-state index is 12.9. The van der Waals surface area contributed by atoms with Crippen LogP contribution in [0, 0.1) is 20.7 Å². The van der Waals surface area contributed by atoms with Crippen molar-refractivity contribution in [1.82, 2.24) is 4.98 Å². The number of hydrogen-bond donors (Lipinski definition) is 0. The fraction of sp³-hybridized carbons (Fsp3) is 0.250. The van der Waals surface area contributed by atoms with E-state index in [9.17, 15) is 13.2 Å². The molecule has 6 heteroatoms. The van der Waals surface area contributed by atoms with Gasteiger partial charge in [0.25, 0.3) is 6.43 Å². The molecule has 74 valence electrons. The zero-order valence-corrected chi connectivity index (χ0v) is 8.93. The molecule has 0 aliphatic rings. The summed E-state index contributed by atoms with van der Waals surface area (Å²) >= 11 is 1.59. The molecule has 1 rings (SSSR count). The molecule has 1 heterocycles. The molecule has 0 aliphatic heterocycles. The molecule has 0 unspecified atom stereocenters. The second kappa shape index (κ2) is 4.59. The summed E-state index contributed by atoms with van der Waals surface area (Å²) < 4.78 is 37.7. The highest BCUT2D eigenvalue weighted by Crippen LogP contribution is 2.26. The van der Waals surface area contributed by atoms with E-state index in [1.54, 1.807) is 28.7 Å². The smallest absolute Gasteiger partial charge is 0.252 e. The van der Waals surface area contributed by atoms with E-state index >= 15 is 0 Å². The maximum Gasteiger partial charge on any atom is 0.280 e. The van der Waals surface area contributed by atoms with Crippen molar-refractivity contribution in [3.8, 4) is 6.07 Å². The summed E-state index contributed by atoms with van der Waals surface area (Å²) in [5.74, 6) is -0.680. The first kappa shape index (κ1) is 11.2. The third-order valence-corrected chi connectivity index (χ3v) is 2.73. The molecule has 14 heavy (non-hydrogen) atoms. The molecule has 0 saturated heterocycles. The maximum absolute atomic E-state index is 12.9. The van der Waals surface area contributed by atoms with Crippen molar-refractivity contribution >= 4 is 22.6 Å². The summed E-state index contributed by atoms with van der Waals surface area (Å²) in [6.45, 7) is 0. The van der Waals surface area contributed by atoms with Gasteiger partial charge in [-0.3, -0.25) is 4.98 Å². The van der Waals surface area contributed by atoms with Gasteiger partial charge in [-0.1, -0.05) is 0 Å². The quantitative estimate of drug-likeness (QED) is 0.788. The van der Waals surface area contributed by atoms with Gasteiger partial charge in [-0.2, -0.15) is 5.26 Å². The zero-order chi connectivity index (χ0) is 10.7. The molecule has 0 bridgehead atoms. The molecular formula is C8H4F3IN2. The predicted molar refractivity (Wildman–Crippen MR) is 51.2 cm³/mol. The molecule has 1 aromatic rings. The highest BCUT2D eigenvalue weighted by Gasteiger charge is 2.19. The summed E-state index contributed by atoms with van der Waals surface area (Å²) in [5, 5.41) is 8.39. The Morgan fingerprint density at radius 1 is 1.57 bits per heavy atom. The summed E-state index contributed by atoms with van der Waals surface area (Å²) in [6.07, 6.45) is -2.31. The van der Waals surface area contributed by atoms with Crippen LogP contribution in [0.3, 0.4) is 0 Å². The van der Waals surface area contributed by atoms with Crippen LogP contribution >= 0.6 is 22.6 Å². The monoisotopic (exact) mass is 312 g/mol. The largest absolute Gasteiger partial charge is 0.280 e. The topological polar surface area (TPSA) is 36.7 Å². The third-order valence-electron chi connectivity index (χ3n) is 1.56. The van der Waals surface area contributed by atoms with Gasteiger partial charge in [-0.15, -0.1) is 0 Å². The number of alkyl halides is 2. The van der Waals surface area contributed by atoms with Crippen LogP contribution < -0.4 is 0 Å². The van der Waals surface area contributed by atoms with E-state index in [2.05, 4.69) is 4.98 Å². The van der Waals surface area contributed by atoms with Gasteiger partial charge in [0.2, 0.25) is 0 Å². The molecule has 0 aromatic carbocycles. The molecule has 0 saturated carbocycles.